The highest BCUT2D eigenvalue weighted by molar-refractivity contribution is 5.69. The molecule has 0 radical (unpaired) electrons. The van der Waals surface area contributed by atoms with Crippen molar-refractivity contribution in [1.29, 1.82) is 0 Å². The van der Waals surface area contributed by atoms with E-state index in [0.29, 0.717) is 41.9 Å². The van der Waals surface area contributed by atoms with Crippen molar-refractivity contribution in [1.82, 2.24) is 0 Å². The molecule has 198 valence electrons. The predicted octanol–water partition coefficient (Wildman–Crippen LogP) is 5.71. The van der Waals surface area contributed by atoms with E-state index in [0.717, 1.165) is 32.1 Å². The molecule has 35 heavy (non-hydrogen) atoms. The number of hydrogen-bond acceptors (Lipinski definition) is 6. The van der Waals surface area contributed by atoms with Crippen LogP contribution in [0.5, 0.6) is 0 Å². The Hall–Kier alpha value is -1.59. The summed E-state index contributed by atoms with van der Waals surface area (Å²) in [4.78, 5) is 35.6. The molecule has 6 heteroatoms. The van der Waals surface area contributed by atoms with Gasteiger partial charge in [-0.2, -0.15) is 0 Å². The lowest BCUT2D eigenvalue weighted by molar-refractivity contribution is -0.197. The van der Waals surface area contributed by atoms with Crippen LogP contribution in [0.2, 0.25) is 0 Å². The van der Waals surface area contributed by atoms with Gasteiger partial charge in [0, 0.05) is 26.2 Å². The van der Waals surface area contributed by atoms with Gasteiger partial charge in [0.15, 0.2) is 0 Å². The lowest BCUT2D eigenvalue weighted by Gasteiger charge is -2.62. The summed E-state index contributed by atoms with van der Waals surface area (Å²) >= 11 is 0. The van der Waals surface area contributed by atoms with Crippen molar-refractivity contribution in [3.8, 4) is 0 Å². The third kappa shape index (κ3) is 4.87. The molecule has 0 aromatic rings. The summed E-state index contributed by atoms with van der Waals surface area (Å²) < 4.78 is 16.6. The predicted molar refractivity (Wildman–Crippen MR) is 132 cm³/mol. The van der Waals surface area contributed by atoms with Crippen LogP contribution in [0.4, 0.5) is 0 Å². The molecule has 0 N–H and O–H groups in total. The monoisotopic (exact) mass is 490 g/mol. The highest BCUT2D eigenvalue weighted by atomic mass is 16.5. The Morgan fingerprint density at radius 3 is 2.20 bits per heavy atom. The molecule has 4 saturated carbocycles. The second-order valence-corrected chi connectivity index (χ2v) is 12.7. The molecule has 0 aromatic carbocycles. The Labute approximate surface area is 211 Å². The molecule has 0 heterocycles. The third-order valence-corrected chi connectivity index (χ3v) is 11.1. The zero-order valence-corrected chi connectivity index (χ0v) is 22.6. The fourth-order valence-corrected chi connectivity index (χ4v) is 9.46. The van der Waals surface area contributed by atoms with Crippen LogP contribution in [0.1, 0.15) is 98.8 Å². The van der Waals surface area contributed by atoms with Crippen molar-refractivity contribution in [3.63, 3.8) is 0 Å². The summed E-state index contributed by atoms with van der Waals surface area (Å²) in [5, 5.41) is 0. The molecular weight excluding hydrogens is 444 g/mol. The van der Waals surface area contributed by atoms with E-state index in [1.54, 1.807) is 6.92 Å². The van der Waals surface area contributed by atoms with Crippen LogP contribution in [0, 0.1) is 46.3 Å². The molecule has 4 aliphatic carbocycles. The second kappa shape index (κ2) is 10.0. The SMILES string of the molecule is COC(=O)CC[C@H](C)[C@H]1CC[C@H]2[C@@H]3[C@H](OC(C)=O)C[C@@H]4C[C@H](OC(C)=O)CC[C@]4(C)[C@H]3CC[C@]12C. The van der Waals surface area contributed by atoms with Crippen LogP contribution in [-0.4, -0.2) is 37.2 Å². The summed E-state index contributed by atoms with van der Waals surface area (Å²) in [6.07, 6.45) is 9.80. The van der Waals surface area contributed by atoms with Gasteiger partial charge in [-0.3, -0.25) is 14.4 Å². The number of carbonyl (C=O) groups excluding carboxylic acids is 3. The first-order valence-electron chi connectivity index (χ1n) is 13.9. The molecule has 0 unspecified atom stereocenters. The Morgan fingerprint density at radius 1 is 0.886 bits per heavy atom. The van der Waals surface area contributed by atoms with Crippen LogP contribution in [-0.2, 0) is 28.6 Å². The van der Waals surface area contributed by atoms with Crippen LogP contribution in [0.15, 0.2) is 0 Å². The first-order valence-corrected chi connectivity index (χ1v) is 13.9. The minimum atomic E-state index is -0.199. The van der Waals surface area contributed by atoms with E-state index in [9.17, 15) is 14.4 Å². The number of esters is 3. The van der Waals surface area contributed by atoms with Gasteiger partial charge < -0.3 is 14.2 Å². The van der Waals surface area contributed by atoms with Gasteiger partial charge >= 0.3 is 17.9 Å². The van der Waals surface area contributed by atoms with E-state index in [2.05, 4.69) is 20.8 Å². The Balaban J connectivity index is 1.57. The molecule has 0 aromatic heterocycles. The van der Waals surface area contributed by atoms with Crippen molar-refractivity contribution in [2.75, 3.05) is 7.11 Å². The summed E-state index contributed by atoms with van der Waals surface area (Å²) in [5.41, 5.74) is 0.418. The van der Waals surface area contributed by atoms with E-state index >= 15 is 0 Å². The molecule has 0 spiro atoms. The lowest BCUT2D eigenvalue weighted by atomic mass is 9.43. The maximum Gasteiger partial charge on any atom is 0.305 e. The van der Waals surface area contributed by atoms with Gasteiger partial charge in [-0.15, -0.1) is 0 Å². The van der Waals surface area contributed by atoms with Gasteiger partial charge in [0.05, 0.1) is 7.11 Å². The first-order chi connectivity index (χ1) is 16.5. The molecule has 4 aliphatic rings. The number of ether oxygens (including phenoxy) is 3. The number of carbonyl (C=O) groups is 3. The van der Waals surface area contributed by atoms with Crippen molar-refractivity contribution >= 4 is 17.9 Å². The lowest BCUT2D eigenvalue weighted by Crippen LogP contribution is -2.59. The molecular formula is C29H46O6. The maximum absolute atomic E-state index is 12.2. The topological polar surface area (TPSA) is 78.9 Å². The smallest absolute Gasteiger partial charge is 0.305 e. The van der Waals surface area contributed by atoms with Crippen LogP contribution in [0.3, 0.4) is 0 Å². The Morgan fingerprint density at radius 2 is 1.54 bits per heavy atom. The van der Waals surface area contributed by atoms with Gasteiger partial charge in [0.1, 0.15) is 12.2 Å². The fourth-order valence-electron chi connectivity index (χ4n) is 9.46. The standard InChI is InChI=1S/C29H46O6/c1-17(7-10-26(32)33-6)22-8-9-23-27-24(12-14-29(22,23)5)28(4)13-11-21(34-18(2)30)15-20(28)16-25(27)35-19(3)31/h17,20-25,27H,7-16H2,1-6H3/t17-,20-,21+,22+,23-,24-,25+,27-,28-,29+/m0/s1. The second-order valence-electron chi connectivity index (χ2n) is 12.7. The van der Waals surface area contributed by atoms with Crippen molar-refractivity contribution in [2.45, 2.75) is 111 Å². The average Bonchev–Trinajstić information content (AvgIpc) is 3.14. The van der Waals surface area contributed by atoms with Gasteiger partial charge in [-0.25, -0.2) is 0 Å². The van der Waals surface area contributed by atoms with Crippen LogP contribution < -0.4 is 0 Å². The van der Waals surface area contributed by atoms with Gasteiger partial charge in [0.2, 0.25) is 0 Å². The first kappa shape index (κ1) is 26.5. The van der Waals surface area contributed by atoms with Gasteiger partial charge in [0.25, 0.3) is 0 Å². The highest BCUT2D eigenvalue weighted by Crippen LogP contribution is 2.68. The van der Waals surface area contributed by atoms with Crippen LogP contribution >= 0.6 is 0 Å². The van der Waals surface area contributed by atoms with Crippen molar-refractivity contribution < 1.29 is 28.6 Å². The largest absolute Gasteiger partial charge is 0.469 e. The number of hydrogen-bond donors (Lipinski definition) is 0. The normalized spacial score (nSPS) is 43.2. The van der Waals surface area contributed by atoms with Gasteiger partial charge in [-0.05, 0) is 98.2 Å². The van der Waals surface area contributed by atoms with E-state index in [4.69, 9.17) is 14.2 Å². The molecule has 10 atom stereocenters. The average molecular weight is 491 g/mol. The molecule has 6 nitrogen and oxygen atoms in total. The number of methoxy groups -OCH3 is 1. The van der Waals surface area contributed by atoms with E-state index in [-0.39, 0.29) is 40.9 Å². The Kier molecular flexibility index (Phi) is 7.60. The zero-order chi connectivity index (χ0) is 25.5. The molecule has 0 saturated heterocycles. The van der Waals surface area contributed by atoms with E-state index in [1.165, 1.54) is 39.7 Å². The Bertz CT molecular complexity index is 824. The highest BCUT2D eigenvalue weighted by Gasteiger charge is 2.63. The molecule has 4 rings (SSSR count). The summed E-state index contributed by atoms with van der Waals surface area (Å²) in [6.45, 7) is 10.3. The molecule has 4 fully saturated rings. The molecule has 0 amide bonds. The van der Waals surface area contributed by atoms with Crippen molar-refractivity contribution in [3.05, 3.63) is 0 Å². The fraction of sp³-hybridized carbons (Fsp3) is 0.897. The minimum absolute atomic E-state index is 0.0134. The van der Waals surface area contributed by atoms with Gasteiger partial charge in [-0.1, -0.05) is 20.8 Å². The van der Waals surface area contributed by atoms with E-state index in [1.807, 2.05) is 0 Å². The minimum Gasteiger partial charge on any atom is -0.469 e. The molecule has 0 aliphatic heterocycles. The summed E-state index contributed by atoms with van der Waals surface area (Å²) in [7, 11) is 1.47. The third-order valence-electron chi connectivity index (χ3n) is 11.1. The maximum atomic E-state index is 12.2. The van der Waals surface area contributed by atoms with E-state index < -0.39 is 0 Å². The number of rotatable bonds is 6. The van der Waals surface area contributed by atoms with Crippen molar-refractivity contribution in [2.24, 2.45) is 46.3 Å². The summed E-state index contributed by atoms with van der Waals surface area (Å²) in [5.74, 6) is 2.43. The number of fused-ring (bicyclic) bond motifs is 5. The van der Waals surface area contributed by atoms with Crippen LogP contribution in [0.25, 0.3) is 0 Å². The molecule has 0 bridgehead atoms. The quantitative estimate of drug-likeness (QED) is 0.351. The summed E-state index contributed by atoms with van der Waals surface area (Å²) in [6, 6.07) is 0. The zero-order valence-electron chi connectivity index (χ0n) is 22.6.